The lowest BCUT2D eigenvalue weighted by molar-refractivity contribution is -0.117. The molecule has 2 rings (SSSR count). The fourth-order valence-corrected chi connectivity index (χ4v) is 1.46. The van der Waals surface area contributed by atoms with Gasteiger partial charge in [-0.05, 0) is 12.1 Å². The van der Waals surface area contributed by atoms with E-state index in [1.165, 1.54) is 12.1 Å². The van der Waals surface area contributed by atoms with Crippen LogP contribution in [0, 0.1) is 0 Å². The second-order valence-corrected chi connectivity index (χ2v) is 3.49. The lowest BCUT2D eigenvalue weighted by Gasteiger charge is -2.13. The highest BCUT2D eigenvalue weighted by Crippen LogP contribution is 2.30. The molecule has 0 radical (unpaired) electrons. The predicted octanol–water partition coefficient (Wildman–Crippen LogP) is 1.92. The number of carbonyl (C=O) groups excluding carboxylic acids is 1. The molecule has 0 aromatic heterocycles. The normalized spacial score (nSPS) is 16.3. The largest absolute Gasteiger partial charge is 0.431 e. The van der Waals surface area contributed by atoms with Gasteiger partial charge in [0.2, 0.25) is 0 Å². The van der Waals surface area contributed by atoms with E-state index in [2.05, 4.69) is 5.10 Å². The van der Waals surface area contributed by atoms with E-state index in [1.807, 2.05) is 0 Å². The molecule has 1 heterocycles. The summed E-state index contributed by atoms with van der Waals surface area (Å²) in [6.07, 6.45) is -5.34. The Labute approximate surface area is 94.5 Å². The number of amides is 1. The minimum absolute atomic E-state index is 0.164. The molecule has 2 N–H and O–H groups in total. The van der Waals surface area contributed by atoms with Crippen molar-refractivity contribution in [2.24, 2.45) is 5.10 Å². The summed E-state index contributed by atoms with van der Waals surface area (Å²) in [6.45, 7) is 0. The highest BCUT2D eigenvalue weighted by Gasteiger charge is 2.42. The van der Waals surface area contributed by atoms with Gasteiger partial charge in [-0.2, -0.15) is 23.3 Å². The maximum atomic E-state index is 12.4. The minimum atomic E-state index is -4.59. The molecule has 0 saturated heterocycles. The van der Waals surface area contributed by atoms with E-state index in [4.69, 9.17) is 5.73 Å². The van der Waals surface area contributed by atoms with Crippen LogP contribution in [0.5, 0.6) is 0 Å². The van der Waals surface area contributed by atoms with Crippen molar-refractivity contribution in [3.63, 3.8) is 0 Å². The van der Waals surface area contributed by atoms with Crippen molar-refractivity contribution in [1.29, 1.82) is 0 Å². The van der Waals surface area contributed by atoms with E-state index in [1.54, 1.807) is 12.1 Å². The zero-order chi connectivity index (χ0) is 12.6. The number of nitrogen functional groups attached to an aromatic ring is 1. The summed E-state index contributed by atoms with van der Waals surface area (Å²) in [7, 11) is 0. The van der Waals surface area contributed by atoms with Crippen LogP contribution in [-0.4, -0.2) is 17.8 Å². The van der Waals surface area contributed by atoms with Crippen LogP contribution in [0.15, 0.2) is 29.4 Å². The smallest absolute Gasteiger partial charge is 0.397 e. The third kappa shape index (κ3) is 2.08. The van der Waals surface area contributed by atoms with Crippen LogP contribution in [-0.2, 0) is 4.79 Å². The molecule has 0 fully saturated rings. The van der Waals surface area contributed by atoms with Gasteiger partial charge in [0, 0.05) is 0 Å². The van der Waals surface area contributed by atoms with Gasteiger partial charge in [-0.1, -0.05) is 12.1 Å². The zero-order valence-corrected chi connectivity index (χ0v) is 8.53. The number of benzene rings is 1. The van der Waals surface area contributed by atoms with Gasteiger partial charge >= 0.3 is 6.18 Å². The lowest BCUT2D eigenvalue weighted by Crippen LogP contribution is -2.22. The molecule has 7 heteroatoms. The molecule has 90 valence electrons. The maximum absolute atomic E-state index is 12.4. The summed E-state index contributed by atoms with van der Waals surface area (Å²) >= 11 is 0. The predicted molar refractivity (Wildman–Crippen MR) is 56.4 cm³/mol. The number of nitrogens with two attached hydrogens (primary N) is 1. The van der Waals surface area contributed by atoms with E-state index in [-0.39, 0.29) is 11.4 Å². The van der Waals surface area contributed by atoms with Gasteiger partial charge in [-0.25, -0.2) is 0 Å². The van der Waals surface area contributed by atoms with Crippen molar-refractivity contribution in [1.82, 2.24) is 0 Å². The van der Waals surface area contributed by atoms with Gasteiger partial charge < -0.3 is 5.73 Å². The van der Waals surface area contributed by atoms with Crippen molar-refractivity contribution in [3.8, 4) is 0 Å². The average molecular weight is 243 g/mol. The van der Waals surface area contributed by atoms with Crippen LogP contribution in [0.1, 0.15) is 6.42 Å². The van der Waals surface area contributed by atoms with Gasteiger partial charge in [0.1, 0.15) is 0 Å². The number of hydrogen-bond acceptors (Lipinski definition) is 3. The molecule has 1 aromatic carbocycles. The summed E-state index contributed by atoms with van der Waals surface area (Å²) in [4.78, 5) is 11.4. The van der Waals surface area contributed by atoms with Crippen LogP contribution >= 0.6 is 0 Å². The van der Waals surface area contributed by atoms with Crippen molar-refractivity contribution in [3.05, 3.63) is 24.3 Å². The Kier molecular flexibility index (Phi) is 2.53. The first-order valence-electron chi connectivity index (χ1n) is 4.72. The maximum Gasteiger partial charge on any atom is 0.431 e. The molecule has 1 amide bonds. The molecule has 1 aliphatic rings. The molecule has 0 bridgehead atoms. The summed E-state index contributed by atoms with van der Waals surface area (Å²) in [6, 6.07) is 6.12. The van der Waals surface area contributed by atoms with Crippen LogP contribution in [0.25, 0.3) is 0 Å². The van der Waals surface area contributed by atoms with Crippen molar-refractivity contribution in [2.75, 3.05) is 10.7 Å². The molecule has 0 atom stereocenters. The molecule has 4 nitrogen and oxygen atoms in total. The SMILES string of the molecule is Nc1ccccc1N1N=C(C(F)(F)F)CC1=O. The molecular weight excluding hydrogens is 235 g/mol. The fraction of sp³-hybridized carbons (Fsp3) is 0.200. The van der Waals surface area contributed by atoms with E-state index < -0.39 is 24.2 Å². The topological polar surface area (TPSA) is 58.7 Å². The Morgan fingerprint density at radius 1 is 1.29 bits per heavy atom. The number of hydrogen-bond donors (Lipinski definition) is 1. The summed E-state index contributed by atoms with van der Waals surface area (Å²) in [5.74, 6) is -0.741. The summed E-state index contributed by atoms with van der Waals surface area (Å²) in [5, 5.41) is 3.96. The second-order valence-electron chi connectivity index (χ2n) is 3.49. The summed E-state index contributed by atoms with van der Waals surface area (Å²) < 4.78 is 37.1. The Balaban J connectivity index is 2.38. The van der Waals surface area contributed by atoms with Gasteiger partial charge in [0.25, 0.3) is 5.91 Å². The van der Waals surface area contributed by atoms with E-state index in [0.717, 1.165) is 0 Å². The Hall–Kier alpha value is -2.05. The van der Waals surface area contributed by atoms with Crippen molar-refractivity contribution >= 4 is 23.0 Å². The molecule has 0 spiro atoms. The third-order valence-corrected chi connectivity index (χ3v) is 2.27. The molecule has 1 aliphatic heterocycles. The number of rotatable bonds is 1. The Morgan fingerprint density at radius 2 is 1.94 bits per heavy atom. The third-order valence-electron chi connectivity index (χ3n) is 2.27. The molecule has 0 saturated carbocycles. The lowest BCUT2D eigenvalue weighted by atomic mass is 10.2. The van der Waals surface area contributed by atoms with Crippen LogP contribution in [0.4, 0.5) is 24.5 Å². The van der Waals surface area contributed by atoms with Gasteiger partial charge in [0.15, 0.2) is 5.71 Å². The van der Waals surface area contributed by atoms with E-state index >= 15 is 0 Å². The monoisotopic (exact) mass is 243 g/mol. The Bertz CT molecular complexity index is 496. The van der Waals surface area contributed by atoms with Crippen LogP contribution in [0.3, 0.4) is 0 Å². The Morgan fingerprint density at radius 3 is 2.47 bits per heavy atom. The molecule has 0 unspecified atom stereocenters. The molecule has 1 aromatic rings. The van der Waals surface area contributed by atoms with E-state index in [9.17, 15) is 18.0 Å². The zero-order valence-electron chi connectivity index (χ0n) is 8.53. The van der Waals surface area contributed by atoms with E-state index in [0.29, 0.717) is 5.01 Å². The quantitative estimate of drug-likeness (QED) is 0.766. The first-order chi connectivity index (χ1) is 7.89. The number of anilines is 2. The minimum Gasteiger partial charge on any atom is -0.397 e. The number of halogens is 3. The number of alkyl halides is 3. The molecule has 17 heavy (non-hydrogen) atoms. The van der Waals surface area contributed by atoms with Crippen molar-refractivity contribution in [2.45, 2.75) is 12.6 Å². The van der Waals surface area contributed by atoms with Gasteiger partial charge in [-0.3, -0.25) is 4.79 Å². The highest BCUT2D eigenvalue weighted by atomic mass is 19.4. The standard InChI is InChI=1S/C10H8F3N3O/c11-10(12,13)8-5-9(17)16(15-8)7-4-2-1-3-6(7)14/h1-4H,5,14H2. The second kappa shape index (κ2) is 3.76. The number of hydrazone groups is 1. The number of nitrogens with zero attached hydrogens (tertiary/aromatic N) is 2. The fourth-order valence-electron chi connectivity index (χ4n) is 1.46. The first-order valence-corrected chi connectivity index (χ1v) is 4.72. The summed E-state index contributed by atoms with van der Waals surface area (Å²) in [5.41, 5.74) is 4.83. The molecular formula is C10H8F3N3O. The van der Waals surface area contributed by atoms with Crippen LogP contribution in [0.2, 0.25) is 0 Å². The first kappa shape index (κ1) is 11.4. The average Bonchev–Trinajstić information content (AvgIpc) is 2.61. The molecule has 0 aliphatic carbocycles. The van der Waals surface area contributed by atoms with Crippen molar-refractivity contribution < 1.29 is 18.0 Å². The van der Waals surface area contributed by atoms with Crippen LogP contribution < -0.4 is 10.7 Å². The van der Waals surface area contributed by atoms with Gasteiger partial charge in [-0.15, -0.1) is 0 Å². The number of carbonyl (C=O) groups is 1. The highest BCUT2D eigenvalue weighted by molar-refractivity contribution is 6.15. The number of para-hydroxylation sites is 2. The van der Waals surface area contributed by atoms with Gasteiger partial charge in [0.05, 0.1) is 17.8 Å².